The van der Waals surface area contributed by atoms with Gasteiger partial charge in [-0.25, -0.2) is 4.79 Å². The van der Waals surface area contributed by atoms with Gasteiger partial charge >= 0.3 is 5.97 Å². The molecule has 0 aromatic rings. The Hall–Kier alpha value is -0.730. The maximum Gasteiger partial charge on any atom is 0.337 e. The zero-order valence-corrected chi connectivity index (χ0v) is 7.40. The predicted molar refractivity (Wildman–Crippen MR) is 40.9 cm³/mol. The summed E-state index contributed by atoms with van der Waals surface area (Å²) in [6.07, 6.45) is -8.14. The van der Waals surface area contributed by atoms with Crippen molar-refractivity contribution in [3.63, 3.8) is 0 Å². The van der Waals surface area contributed by atoms with Crippen LogP contribution in [0.4, 0.5) is 0 Å². The molecule has 4 N–H and O–H groups in total. The van der Waals surface area contributed by atoms with E-state index in [0.717, 1.165) is 7.11 Å². The Labute approximate surface area is 79.5 Å². The van der Waals surface area contributed by atoms with Crippen molar-refractivity contribution in [2.75, 3.05) is 7.11 Å². The van der Waals surface area contributed by atoms with E-state index in [1.165, 1.54) is 0 Å². The fraction of sp³-hybridized carbons (Fsp3) is 0.857. The summed E-state index contributed by atoms with van der Waals surface area (Å²) in [4.78, 5) is 11.0. The number of carbonyl (C=O) groups excluding carboxylic acids is 1. The van der Waals surface area contributed by atoms with Crippen LogP contribution in [0, 0.1) is 0 Å². The summed E-state index contributed by atoms with van der Waals surface area (Å²) in [5.41, 5.74) is 0. The van der Waals surface area contributed by atoms with Crippen LogP contribution in [0.2, 0.25) is 0 Å². The second-order valence-corrected chi connectivity index (χ2v) is 2.94. The Morgan fingerprint density at radius 1 is 1.14 bits per heavy atom. The molecule has 1 rings (SSSR count). The van der Waals surface area contributed by atoms with Gasteiger partial charge in [0.05, 0.1) is 7.11 Å². The zero-order chi connectivity index (χ0) is 10.9. The summed E-state index contributed by atoms with van der Waals surface area (Å²) in [5.74, 6) is -0.928. The second kappa shape index (κ2) is 4.20. The fourth-order valence-corrected chi connectivity index (χ4v) is 1.17. The van der Waals surface area contributed by atoms with Crippen LogP contribution in [-0.2, 0) is 14.3 Å². The van der Waals surface area contributed by atoms with Crippen LogP contribution in [0.5, 0.6) is 0 Å². The quantitative estimate of drug-likeness (QED) is 0.338. The molecule has 14 heavy (non-hydrogen) atoms. The number of hydrogen-bond acceptors (Lipinski definition) is 7. The van der Waals surface area contributed by atoms with Crippen molar-refractivity contribution in [3.05, 3.63) is 0 Å². The maximum atomic E-state index is 11.0. The van der Waals surface area contributed by atoms with Crippen molar-refractivity contribution in [3.8, 4) is 0 Å². The van der Waals surface area contributed by atoms with Crippen molar-refractivity contribution in [1.29, 1.82) is 0 Å². The third-order valence-corrected chi connectivity index (χ3v) is 2.02. The number of aliphatic hydroxyl groups is 4. The average Bonchev–Trinajstić information content (AvgIpc) is 2.19. The van der Waals surface area contributed by atoms with Gasteiger partial charge in [-0.15, -0.1) is 0 Å². The first-order chi connectivity index (χ1) is 6.49. The van der Waals surface area contributed by atoms with Gasteiger partial charge in [-0.05, 0) is 0 Å². The SMILES string of the molecule is COC(=O)[C@@H]1OC(O)[C@@H](O)[C@H](O)[C@@H]1O. The minimum Gasteiger partial charge on any atom is -0.467 e. The molecule has 5 atom stereocenters. The number of methoxy groups -OCH3 is 1. The fourth-order valence-electron chi connectivity index (χ4n) is 1.17. The van der Waals surface area contributed by atoms with Crippen molar-refractivity contribution in [2.24, 2.45) is 0 Å². The standard InChI is InChI=1S/C7H12O7/c1-13-7(12)5-3(9)2(8)4(10)6(11)14-5/h2-6,8-11H,1H3/t2-,3+,4+,5-,6?/m1/s1. The Kier molecular flexibility index (Phi) is 3.40. The summed E-state index contributed by atoms with van der Waals surface area (Å²) < 4.78 is 8.82. The van der Waals surface area contributed by atoms with E-state index in [1.807, 2.05) is 0 Å². The lowest BCUT2D eigenvalue weighted by Crippen LogP contribution is -2.59. The van der Waals surface area contributed by atoms with Crippen molar-refractivity contribution < 1.29 is 34.7 Å². The first-order valence-corrected chi connectivity index (χ1v) is 3.94. The smallest absolute Gasteiger partial charge is 0.337 e. The summed E-state index contributed by atoms with van der Waals surface area (Å²) in [5, 5.41) is 36.5. The number of ether oxygens (including phenoxy) is 2. The number of esters is 1. The first kappa shape index (κ1) is 11.3. The molecule has 0 aliphatic carbocycles. The molecule has 0 spiro atoms. The van der Waals surface area contributed by atoms with E-state index in [4.69, 9.17) is 10.2 Å². The third-order valence-electron chi connectivity index (χ3n) is 2.02. The summed E-state index contributed by atoms with van der Waals surface area (Å²) >= 11 is 0. The van der Waals surface area contributed by atoms with Crippen LogP contribution >= 0.6 is 0 Å². The molecule has 1 fully saturated rings. The minimum atomic E-state index is -1.72. The lowest BCUT2D eigenvalue weighted by Gasteiger charge is -2.36. The molecule has 1 saturated heterocycles. The van der Waals surface area contributed by atoms with Crippen LogP contribution in [0.15, 0.2) is 0 Å². The van der Waals surface area contributed by atoms with Crippen molar-refractivity contribution >= 4 is 5.97 Å². The maximum absolute atomic E-state index is 11.0. The minimum absolute atomic E-state index is 0.928. The molecule has 0 radical (unpaired) electrons. The summed E-state index contributed by atoms with van der Waals surface area (Å²) in [7, 11) is 1.07. The Morgan fingerprint density at radius 2 is 1.71 bits per heavy atom. The van der Waals surface area contributed by atoms with E-state index in [1.54, 1.807) is 0 Å². The Balaban J connectivity index is 2.75. The number of rotatable bonds is 1. The predicted octanol–water partition coefficient (Wildman–Crippen LogP) is -3.04. The highest BCUT2D eigenvalue weighted by atomic mass is 16.7. The van der Waals surface area contributed by atoms with Crippen LogP contribution in [0.25, 0.3) is 0 Å². The second-order valence-electron chi connectivity index (χ2n) is 2.94. The summed E-state index contributed by atoms with van der Waals surface area (Å²) in [6.45, 7) is 0. The van der Waals surface area contributed by atoms with Gasteiger partial charge in [0.25, 0.3) is 0 Å². The third kappa shape index (κ3) is 1.86. The van der Waals surface area contributed by atoms with Crippen molar-refractivity contribution in [2.45, 2.75) is 30.7 Å². The van der Waals surface area contributed by atoms with Crippen LogP contribution < -0.4 is 0 Å². The van der Waals surface area contributed by atoms with Gasteiger partial charge in [0.1, 0.15) is 18.3 Å². The Morgan fingerprint density at radius 3 is 2.21 bits per heavy atom. The van der Waals surface area contributed by atoms with Crippen LogP contribution in [-0.4, -0.2) is 64.2 Å². The van der Waals surface area contributed by atoms with E-state index >= 15 is 0 Å². The van der Waals surface area contributed by atoms with E-state index in [9.17, 15) is 15.0 Å². The van der Waals surface area contributed by atoms with E-state index < -0.39 is 36.7 Å². The number of carbonyl (C=O) groups is 1. The number of aliphatic hydroxyl groups excluding tert-OH is 4. The molecule has 0 saturated carbocycles. The highest BCUT2D eigenvalue weighted by Gasteiger charge is 2.46. The van der Waals surface area contributed by atoms with Crippen LogP contribution in [0.1, 0.15) is 0 Å². The topological polar surface area (TPSA) is 116 Å². The van der Waals surface area contributed by atoms with Crippen LogP contribution in [0.3, 0.4) is 0 Å². The van der Waals surface area contributed by atoms with E-state index in [-0.39, 0.29) is 0 Å². The summed E-state index contributed by atoms with van der Waals surface area (Å²) in [6, 6.07) is 0. The van der Waals surface area contributed by atoms with Gasteiger partial charge in [-0.2, -0.15) is 0 Å². The van der Waals surface area contributed by atoms with Gasteiger partial charge in [-0.3, -0.25) is 0 Å². The average molecular weight is 208 g/mol. The molecule has 0 aromatic heterocycles. The highest BCUT2D eigenvalue weighted by Crippen LogP contribution is 2.20. The monoisotopic (exact) mass is 208 g/mol. The molecule has 1 aliphatic heterocycles. The highest BCUT2D eigenvalue weighted by molar-refractivity contribution is 5.75. The van der Waals surface area contributed by atoms with Gasteiger partial charge in [0.2, 0.25) is 0 Å². The molecular weight excluding hydrogens is 196 g/mol. The molecule has 1 aliphatic rings. The lowest BCUT2D eigenvalue weighted by molar-refractivity contribution is -0.280. The number of hydrogen-bond donors (Lipinski definition) is 4. The van der Waals surface area contributed by atoms with Gasteiger partial charge < -0.3 is 29.9 Å². The molecule has 0 amide bonds. The molecule has 82 valence electrons. The Bertz CT molecular complexity index is 218. The first-order valence-electron chi connectivity index (χ1n) is 3.94. The largest absolute Gasteiger partial charge is 0.467 e. The van der Waals surface area contributed by atoms with E-state index in [2.05, 4.69) is 9.47 Å². The molecule has 0 aromatic carbocycles. The zero-order valence-electron chi connectivity index (χ0n) is 7.40. The molecule has 7 nitrogen and oxygen atoms in total. The van der Waals surface area contributed by atoms with E-state index in [0.29, 0.717) is 0 Å². The normalized spacial score (nSPS) is 43.4. The molecule has 0 bridgehead atoms. The molecule has 1 heterocycles. The van der Waals surface area contributed by atoms with Gasteiger partial charge in [0, 0.05) is 0 Å². The van der Waals surface area contributed by atoms with Crippen molar-refractivity contribution in [1.82, 2.24) is 0 Å². The molecule has 7 heteroatoms. The molecule has 1 unspecified atom stereocenters. The van der Waals surface area contributed by atoms with Gasteiger partial charge in [0.15, 0.2) is 12.4 Å². The molecular formula is C7H12O7. The van der Waals surface area contributed by atoms with Gasteiger partial charge in [-0.1, -0.05) is 0 Å². The lowest BCUT2D eigenvalue weighted by atomic mass is 9.99.